The number of aliphatic hydroxyl groups excluding tert-OH is 1. The summed E-state index contributed by atoms with van der Waals surface area (Å²) in [6.07, 6.45) is 2.90. The molecule has 4 N–H and O–H groups in total. The minimum atomic E-state index is -0.831. The summed E-state index contributed by atoms with van der Waals surface area (Å²) in [5.74, 6) is -0.188. The van der Waals surface area contributed by atoms with E-state index in [4.69, 9.17) is 33.9 Å². The summed E-state index contributed by atoms with van der Waals surface area (Å²) in [6, 6.07) is 18.0. The lowest BCUT2D eigenvalue weighted by Crippen LogP contribution is -2.48. The summed E-state index contributed by atoms with van der Waals surface area (Å²) < 4.78 is 35.3. The van der Waals surface area contributed by atoms with Crippen molar-refractivity contribution in [1.29, 1.82) is 0 Å². The molecular formula is C45H53N9O9S. The molecule has 1 unspecified atom stereocenters. The van der Waals surface area contributed by atoms with Gasteiger partial charge in [0.2, 0.25) is 11.8 Å². The number of benzene rings is 2. The van der Waals surface area contributed by atoms with Crippen LogP contribution in [-0.4, -0.2) is 118 Å². The zero-order chi connectivity index (χ0) is 45.0. The number of aliphatic hydroxyl groups is 1. The summed E-state index contributed by atoms with van der Waals surface area (Å²) in [7, 11) is 1.56. The minimum Gasteiger partial charge on any atom is -0.473 e. The molecule has 1 aliphatic rings. The van der Waals surface area contributed by atoms with Gasteiger partial charge in [-0.15, -0.1) is 21.5 Å². The lowest BCUT2D eigenvalue weighted by molar-refractivity contribution is -0.141. The van der Waals surface area contributed by atoms with Crippen LogP contribution < -0.4 is 20.5 Å². The highest BCUT2D eigenvalue weighted by atomic mass is 32.1. The molecule has 0 bridgehead atoms. The number of rotatable bonds is 22. The number of nitrogens with zero attached hydrogens (tertiary/aromatic N) is 7. The van der Waals surface area contributed by atoms with Crippen LogP contribution in [0.25, 0.3) is 32.8 Å². The topological polar surface area (TPSA) is 224 Å². The Balaban J connectivity index is 0.818. The van der Waals surface area contributed by atoms with Crippen LogP contribution in [0.1, 0.15) is 43.2 Å². The Morgan fingerprint density at radius 2 is 1.77 bits per heavy atom. The van der Waals surface area contributed by atoms with Gasteiger partial charge < -0.3 is 49.3 Å². The highest BCUT2D eigenvalue weighted by Crippen LogP contribution is 2.34. The molecule has 2 aromatic carbocycles. The number of para-hydroxylation sites is 1. The molecule has 338 valence electrons. The van der Waals surface area contributed by atoms with Crippen LogP contribution in [0.3, 0.4) is 0 Å². The fourth-order valence-corrected chi connectivity index (χ4v) is 8.18. The van der Waals surface area contributed by atoms with Crippen molar-refractivity contribution in [2.24, 2.45) is 5.92 Å². The molecule has 6 aromatic rings. The van der Waals surface area contributed by atoms with Crippen molar-refractivity contribution < 1.29 is 42.9 Å². The Labute approximate surface area is 374 Å². The molecule has 0 spiro atoms. The molecular weight excluding hydrogens is 843 g/mol. The standard InChI is InChI=1S/C45H53N9O9S/c1-28(2)41(45(57)54-25-33(55)19-37(54)44(56)47-22-30-9-11-31(12-10-30)42-29(3)48-26-64-42)39-21-40(52-63-39)61-18-17-60-16-15-59-14-13-53-24-32(23-49-53)35-20-36(50-51-43(35)46)34-7-5-6-8-38(34)62-27-58-4/h5-12,20-21,23-24,26,28,33,37,41,55H,13-19,22,25,27H2,1-4H3,(H2,46,51)(H,47,56)/t33-,37+,41?/m1/s1. The third kappa shape index (κ3) is 11.5. The van der Waals surface area contributed by atoms with Gasteiger partial charge in [-0.25, -0.2) is 4.98 Å². The number of methoxy groups -OCH3 is 1. The molecule has 5 heterocycles. The molecule has 0 aliphatic carbocycles. The van der Waals surface area contributed by atoms with Crippen LogP contribution in [-0.2, 0) is 36.9 Å². The van der Waals surface area contributed by atoms with Crippen molar-refractivity contribution in [1.82, 2.24) is 40.3 Å². The average molecular weight is 896 g/mol. The highest BCUT2D eigenvalue weighted by Gasteiger charge is 2.43. The van der Waals surface area contributed by atoms with Crippen molar-refractivity contribution in [3.8, 4) is 44.5 Å². The third-order valence-electron chi connectivity index (χ3n) is 10.6. The van der Waals surface area contributed by atoms with E-state index in [0.717, 1.165) is 32.8 Å². The predicted octanol–water partition coefficient (Wildman–Crippen LogP) is 5.12. The average Bonchev–Trinajstić information content (AvgIpc) is 4.13. The van der Waals surface area contributed by atoms with Gasteiger partial charge in [-0.3, -0.25) is 14.3 Å². The lowest BCUT2D eigenvalue weighted by Gasteiger charge is -2.28. The van der Waals surface area contributed by atoms with Crippen molar-refractivity contribution in [3.05, 3.63) is 95.6 Å². The number of hydrogen-bond acceptors (Lipinski definition) is 16. The number of amides is 2. The second-order valence-corrected chi connectivity index (χ2v) is 16.4. The number of hydrogen-bond donors (Lipinski definition) is 3. The van der Waals surface area contributed by atoms with E-state index in [2.05, 4.69) is 30.8 Å². The van der Waals surface area contributed by atoms with Crippen LogP contribution in [0.15, 0.2) is 83.1 Å². The number of anilines is 1. The number of thiazole rings is 1. The fourth-order valence-electron chi connectivity index (χ4n) is 7.37. The monoisotopic (exact) mass is 895 g/mol. The summed E-state index contributed by atoms with van der Waals surface area (Å²) in [4.78, 5) is 34.3. The largest absolute Gasteiger partial charge is 0.473 e. The smallest absolute Gasteiger partial charge is 0.254 e. The number of β-amino-alcohol motifs (C(OH)–C–C–N with tert-alkyl or cyclic N) is 1. The van der Waals surface area contributed by atoms with Gasteiger partial charge in [-0.1, -0.05) is 50.2 Å². The van der Waals surface area contributed by atoms with E-state index in [1.807, 2.05) is 87.1 Å². The molecule has 1 aliphatic heterocycles. The maximum Gasteiger partial charge on any atom is 0.254 e. The van der Waals surface area contributed by atoms with Crippen LogP contribution >= 0.6 is 11.3 Å². The number of nitrogen functional groups attached to an aromatic ring is 1. The lowest BCUT2D eigenvalue weighted by atomic mass is 9.91. The minimum absolute atomic E-state index is 0.0375. The first-order valence-corrected chi connectivity index (χ1v) is 21.8. The van der Waals surface area contributed by atoms with Gasteiger partial charge in [0.05, 0.1) is 67.0 Å². The van der Waals surface area contributed by atoms with Crippen molar-refractivity contribution in [2.45, 2.75) is 58.3 Å². The molecule has 4 aromatic heterocycles. The van der Waals surface area contributed by atoms with E-state index in [0.29, 0.717) is 49.1 Å². The van der Waals surface area contributed by atoms with Gasteiger partial charge in [0.15, 0.2) is 18.4 Å². The zero-order valence-electron chi connectivity index (χ0n) is 36.2. The quantitative estimate of drug-likeness (QED) is 0.0594. The maximum absolute atomic E-state index is 14.0. The van der Waals surface area contributed by atoms with Crippen LogP contribution in [0.5, 0.6) is 11.6 Å². The third-order valence-corrected chi connectivity index (χ3v) is 11.6. The molecule has 0 radical (unpaired) electrons. The molecule has 1 saturated heterocycles. The van der Waals surface area contributed by atoms with E-state index in [1.165, 1.54) is 4.90 Å². The molecule has 19 heteroatoms. The number of ether oxygens (including phenoxy) is 5. The Morgan fingerprint density at radius 1 is 0.984 bits per heavy atom. The van der Waals surface area contributed by atoms with Crippen LogP contribution in [0.4, 0.5) is 5.82 Å². The van der Waals surface area contributed by atoms with Crippen molar-refractivity contribution in [3.63, 3.8) is 0 Å². The maximum atomic E-state index is 14.0. The summed E-state index contributed by atoms with van der Waals surface area (Å²) in [5, 5.41) is 30.5. The SMILES string of the molecule is COCOc1ccccc1-c1cc(-c2cnn(CCOCCOCCOc3cc(C(C(=O)N4C[C@H](O)C[C@H]4C(=O)NCc4ccc(-c5scnc5C)cc4)C(C)C)on3)c2)c(N)nn1. The predicted molar refractivity (Wildman–Crippen MR) is 237 cm³/mol. The number of likely N-dealkylation sites (tertiary alicyclic amines) is 1. The molecule has 1 fully saturated rings. The number of aryl methyl sites for hydroxylation is 1. The Morgan fingerprint density at radius 3 is 2.53 bits per heavy atom. The zero-order valence-corrected chi connectivity index (χ0v) is 37.0. The molecule has 64 heavy (non-hydrogen) atoms. The summed E-state index contributed by atoms with van der Waals surface area (Å²) in [6.45, 7) is 8.25. The van der Waals surface area contributed by atoms with E-state index in [1.54, 1.807) is 35.4 Å². The number of nitrogens with two attached hydrogens (primary N) is 1. The summed E-state index contributed by atoms with van der Waals surface area (Å²) >= 11 is 1.58. The fraction of sp³-hybridized carbons (Fsp3) is 0.400. The first-order chi connectivity index (χ1) is 31.1. The highest BCUT2D eigenvalue weighted by molar-refractivity contribution is 7.13. The van der Waals surface area contributed by atoms with Gasteiger partial charge in [0, 0.05) is 55.6 Å². The summed E-state index contributed by atoms with van der Waals surface area (Å²) in [5.41, 5.74) is 13.8. The van der Waals surface area contributed by atoms with E-state index in [9.17, 15) is 14.7 Å². The Hall–Kier alpha value is -6.25. The molecule has 2 amide bonds. The first kappa shape index (κ1) is 45.8. The van der Waals surface area contributed by atoms with E-state index >= 15 is 0 Å². The van der Waals surface area contributed by atoms with E-state index in [-0.39, 0.29) is 68.9 Å². The second-order valence-electron chi connectivity index (χ2n) is 15.5. The molecule has 18 nitrogen and oxygen atoms in total. The van der Waals surface area contributed by atoms with E-state index < -0.39 is 18.1 Å². The number of aromatic nitrogens is 6. The normalized spacial score (nSPS) is 15.4. The van der Waals surface area contributed by atoms with Gasteiger partial charge in [0.1, 0.15) is 24.3 Å². The second kappa shape index (κ2) is 21.9. The van der Waals surface area contributed by atoms with Gasteiger partial charge >= 0.3 is 0 Å². The molecule has 0 saturated carbocycles. The Bertz CT molecular complexity index is 2460. The molecule has 3 atom stereocenters. The van der Waals surface area contributed by atoms with Crippen molar-refractivity contribution in [2.75, 3.05) is 59.2 Å². The van der Waals surface area contributed by atoms with Gasteiger partial charge in [-0.05, 0) is 47.3 Å². The van der Waals surface area contributed by atoms with Crippen molar-refractivity contribution >= 4 is 29.0 Å². The Kier molecular flexibility index (Phi) is 15.7. The first-order valence-electron chi connectivity index (χ1n) is 21.0. The van der Waals surface area contributed by atoms with Crippen LogP contribution in [0, 0.1) is 12.8 Å². The van der Waals surface area contributed by atoms with Gasteiger partial charge in [-0.2, -0.15) is 5.10 Å². The van der Waals surface area contributed by atoms with Gasteiger partial charge in [0.25, 0.3) is 5.88 Å². The number of nitrogens with one attached hydrogen (secondary N) is 1. The number of carbonyl (C=O) groups is 2. The number of carbonyl (C=O) groups excluding carboxylic acids is 2. The molecule has 7 rings (SSSR count). The van der Waals surface area contributed by atoms with Crippen LogP contribution in [0.2, 0.25) is 0 Å².